The molecule has 4 aromatic rings. The molecule has 192 valence electrons. The van der Waals surface area contributed by atoms with E-state index in [-0.39, 0.29) is 18.4 Å². The number of nitrogens with one attached hydrogen (secondary N) is 2. The number of carbonyl (C=O) groups excluding carboxylic acids is 1. The largest absolute Gasteiger partial charge is 0.495 e. The first-order valence-electron chi connectivity index (χ1n) is 11.9. The number of amides is 1. The monoisotopic (exact) mass is 504 g/mol. The van der Waals surface area contributed by atoms with Gasteiger partial charge in [-0.2, -0.15) is 0 Å². The summed E-state index contributed by atoms with van der Waals surface area (Å²) in [6.45, 7) is 4.15. The Balaban J connectivity index is 1.53. The van der Waals surface area contributed by atoms with E-state index in [4.69, 9.17) is 19.4 Å². The Morgan fingerprint density at radius 3 is 2.89 bits per heavy atom. The van der Waals surface area contributed by atoms with Gasteiger partial charge in [0.1, 0.15) is 18.0 Å². The Labute approximate surface area is 213 Å². The van der Waals surface area contributed by atoms with Gasteiger partial charge in [0.2, 0.25) is 5.91 Å². The van der Waals surface area contributed by atoms with E-state index in [9.17, 15) is 9.90 Å². The number of ether oxygens (including phenoxy) is 2. The van der Waals surface area contributed by atoms with Crippen LogP contribution in [-0.2, 0) is 16.1 Å². The first kappa shape index (κ1) is 24.5. The number of rotatable bonds is 8. The zero-order valence-corrected chi connectivity index (χ0v) is 20.7. The molecule has 0 bridgehead atoms. The topological polar surface area (TPSA) is 149 Å². The van der Waals surface area contributed by atoms with Crippen LogP contribution in [0, 0.1) is 0 Å². The Bertz CT molecular complexity index is 1390. The number of carbonyl (C=O) groups is 1. The van der Waals surface area contributed by atoms with E-state index in [1.165, 1.54) is 6.33 Å². The molecule has 5 rings (SSSR count). The van der Waals surface area contributed by atoms with Gasteiger partial charge in [-0.15, -0.1) is 0 Å². The fourth-order valence-corrected chi connectivity index (χ4v) is 4.13. The lowest BCUT2D eigenvalue weighted by atomic mass is 10.2. The average molecular weight is 505 g/mol. The van der Waals surface area contributed by atoms with E-state index >= 15 is 0 Å². The van der Waals surface area contributed by atoms with Crippen LogP contribution in [0.2, 0.25) is 0 Å². The lowest BCUT2D eigenvalue weighted by Crippen LogP contribution is -2.38. The third-order valence-electron chi connectivity index (χ3n) is 5.88. The number of anilines is 1. The average Bonchev–Trinajstić information content (AvgIpc) is 3.50. The van der Waals surface area contributed by atoms with E-state index in [1.54, 1.807) is 36.3 Å². The van der Waals surface area contributed by atoms with Gasteiger partial charge >= 0.3 is 0 Å². The lowest BCUT2D eigenvalue weighted by Gasteiger charge is -2.18. The second kappa shape index (κ2) is 10.4. The first-order chi connectivity index (χ1) is 17.9. The summed E-state index contributed by atoms with van der Waals surface area (Å²) >= 11 is 0. The van der Waals surface area contributed by atoms with Gasteiger partial charge in [-0.1, -0.05) is 6.07 Å². The summed E-state index contributed by atoms with van der Waals surface area (Å²) in [5.74, 6) is 1.15. The molecule has 1 saturated heterocycles. The Hall–Kier alpha value is -4.16. The third kappa shape index (κ3) is 5.20. The molecule has 0 saturated carbocycles. The van der Waals surface area contributed by atoms with Crippen LogP contribution < -0.4 is 15.4 Å². The van der Waals surface area contributed by atoms with Crippen LogP contribution in [0.4, 0.5) is 5.82 Å². The molecule has 1 amide bonds. The third-order valence-corrected chi connectivity index (χ3v) is 5.88. The maximum Gasteiger partial charge on any atom is 0.249 e. The molecule has 0 aromatic carbocycles. The van der Waals surface area contributed by atoms with Crippen LogP contribution in [-0.4, -0.2) is 65.9 Å². The van der Waals surface area contributed by atoms with Crippen molar-refractivity contribution in [3.8, 4) is 17.1 Å². The first-order valence-corrected chi connectivity index (χ1v) is 11.9. The van der Waals surface area contributed by atoms with Crippen LogP contribution in [0.5, 0.6) is 5.75 Å². The summed E-state index contributed by atoms with van der Waals surface area (Å²) < 4.78 is 12.9. The van der Waals surface area contributed by atoms with Crippen molar-refractivity contribution in [2.24, 2.45) is 0 Å². The van der Waals surface area contributed by atoms with E-state index in [0.717, 1.165) is 5.69 Å². The van der Waals surface area contributed by atoms with Crippen molar-refractivity contribution >= 4 is 22.9 Å². The smallest absolute Gasteiger partial charge is 0.249 e. The molecule has 0 radical (unpaired) electrons. The van der Waals surface area contributed by atoms with Crippen molar-refractivity contribution in [3.63, 3.8) is 0 Å². The van der Waals surface area contributed by atoms with E-state index in [1.807, 2.05) is 32.0 Å². The molecular weight excluding hydrogens is 476 g/mol. The van der Waals surface area contributed by atoms with Crippen LogP contribution >= 0.6 is 0 Å². The van der Waals surface area contributed by atoms with Gasteiger partial charge in [0.05, 0.1) is 31.9 Å². The number of nitrogens with zero attached hydrogens (tertiary/aromatic N) is 6. The molecule has 4 aromatic heterocycles. The second-order valence-electron chi connectivity index (χ2n) is 8.99. The molecule has 3 atom stereocenters. The van der Waals surface area contributed by atoms with Crippen molar-refractivity contribution < 1.29 is 19.4 Å². The van der Waals surface area contributed by atoms with Gasteiger partial charge in [-0.3, -0.25) is 19.3 Å². The van der Waals surface area contributed by atoms with Gasteiger partial charge in [-0.25, -0.2) is 15.0 Å². The molecule has 0 spiro atoms. The number of aliphatic hydroxyl groups excluding tert-OH is 1. The maximum atomic E-state index is 12.5. The van der Waals surface area contributed by atoms with Crippen LogP contribution in [0.25, 0.3) is 22.6 Å². The molecule has 3 N–H and O–H groups in total. The van der Waals surface area contributed by atoms with Crippen LogP contribution in [0.1, 0.15) is 32.2 Å². The van der Waals surface area contributed by atoms with Crippen LogP contribution in [0.15, 0.2) is 49.2 Å². The molecular formula is C25H28N8O4. The van der Waals surface area contributed by atoms with Gasteiger partial charge in [-0.05, 0) is 32.0 Å². The number of hydrogen-bond donors (Lipinski definition) is 3. The summed E-state index contributed by atoms with van der Waals surface area (Å²) in [4.78, 5) is 35.1. The number of pyridine rings is 2. The molecule has 12 heteroatoms. The predicted molar refractivity (Wildman–Crippen MR) is 134 cm³/mol. The molecule has 1 aliphatic heterocycles. The molecule has 0 aliphatic carbocycles. The van der Waals surface area contributed by atoms with Crippen molar-refractivity contribution in [2.75, 3.05) is 12.4 Å². The maximum absolute atomic E-state index is 12.5. The van der Waals surface area contributed by atoms with Crippen molar-refractivity contribution in [3.05, 3.63) is 54.9 Å². The highest BCUT2D eigenvalue weighted by Gasteiger charge is 2.40. The standard InChI is InChI=1S/C25H28N8O4/c1-14(2)30-24(35)19-9-18(34)25(37-19)33-13-29-20-22(28-11-16-6-4-5-7-27-16)31-21(32-23(20)33)15-8-17(36-3)12-26-10-15/h4-8,10,12-14,18-19,25,34H,9,11H2,1-3H3,(H,30,35)(H,28,31,32)/t18-,19+,25-/m1/s1. The minimum absolute atomic E-state index is 0.0409. The minimum Gasteiger partial charge on any atom is -0.495 e. The van der Waals surface area contributed by atoms with Crippen molar-refractivity contribution in [2.45, 2.75) is 51.3 Å². The minimum atomic E-state index is -0.929. The lowest BCUT2D eigenvalue weighted by molar-refractivity contribution is -0.135. The number of methoxy groups -OCH3 is 1. The van der Waals surface area contributed by atoms with Gasteiger partial charge in [0.25, 0.3) is 0 Å². The summed E-state index contributed by atoms with van der Waals surface area (Å²) in [5.41, 5.74) is 2.38. The van der Waals surface area contributed by atoms with E-state index < -0.39 is 18.4 Å². The summed E-state index contributed by atoms with van der Waals surface area (Å²) in [7, 11) is 1.56. The summed E-state index contributed by atoms with van der Waals surface area (Å²) in [6.07, 6.45) is 4.09. The number of aliphatic hydroxyl groups is 1. The van der Waals surface area contributed by atoms with Crippen LogP contribution in [0.3, 0.4) is 0 Å². The van der Waals surface area contributed by atoms with Gasteiger partial charge in [0, 0.05) is 30.4 Å². The highest BCUT2D eigenvalue weighted by atomic mass is 16.5. The molecule has 37 heavy (non-hydrogen) atoms. The summed E-state index contributed by atoms with van der Waals surface area (Å²) in [5, 5.41) is 16.9. The van der Waals surface area contributed by atoms with Gasteiger partial charge < -0.3 is 25.2 Å². The zero-order chi connectivity index (χ0) is 25.9. The quantitative estimate of drug-likeness (QED) is 0.325. The van der Waals surface area contributed by atoms with E-state index in [0.29, 0.717) is 40.7 Å². The number of aromatic nitrogens is 6. The highest BCUT2D eigenvalue weighted by molar-refractivity contribution is 5.85. The molecule has 1 fully saturated rings. The number of hydrogen-bond acceptors (Lipinski definition) is 10. The fourth-order valence-electron chi connectivity index (χ4n) is 4.13. The normalized spacial score (nSPS) is 19.3. The second-order valence-corrected chi connectivity index (χ2v) is 8.99. The Morgan fingerprint density at radius 1 is 1.27 bits per heavy atom. The molecule has 1 aliphatic rings. The predicted octanol–water partition coefficient (Wildman–Crippen LogP) is 2.08. The molecule has 0 unspecified atom stereocenters. The fraction of sp³-hybridized carbons (Fsp3) is 0.360. The number of imidazole rings is 1. The SMILES string of the molecule is COc1cncc(-c2nc(NCc3ccccn3)c3ncn([C@@H]4O[C@H](C(=O)NC(C)C)C[C@H]4O)c3n2)c1. The Kier molecular flexibility index (Phi) is 6.93. The zero-order valence-electron chi connectivity index (χ0n) is 20.7. The van der Waals surface area contributed by atoms with Gasteiger partial charge in [0.15, 0.2) is 29.0 Å². The van der Waals surface area contributed by atoms with E-state index in [2.05, 4.69) is 25.6 Å². The van der Waals surface area contributed by atoms with Crippen molar-refractivity contribution in [1.82, 2.24) is 34.8 Å². The molecule has 12 nitrogen and oxygen atoms in total. The summed E-state index contributed by atoms with van der Waals surface area (Å²) in [6, 6.07) is 7.41. The number of fused-ring (bicyclic) bond motifs is 1. The molecule has 5 heterocycles. The Morgan fingerprint density at radius 2 is 2.14 bits per heavy atom. The highest BCUT2D eigenvalue weighted by Crippen LogP contribution is 2.33. The van der Waals surface area contributed by atoms with Crippen molar-refractivity contribution in [1.29, 1.82) is 0 Å².